The molecule has 0 bridgehead atoms. The number of ether oxygens (including phenoxy) is 3. The SMILES string of the molecule is COC1NCCN(OC)C1(OC)OC. The number of rotatable bonds is 4. The second-order valence-corrected chi connectivity index (χ2v) is 2.89. The van der Waals surface area contributed by atoms with Crippen molar-refractivity contribution < 1.29 is 19.0 Å². The molecule has 14 heavy (non-hydrogen) atoms. The maximum Gasteiger partial charge on any atom is 0.293 e. The molecule has 1 atom stereocenters. The highest BCUT2D eigenvalue weighted by atomic mass is 16.8. The lowest BCUT2D eigenvalue weighted by atomic mass is 10.3. The molecule has 1 N–H and O–H groups in total. The van der Waals surface area contributed by atoms with Crippen molar-refractivity contribution in [3.63, 3.8) is 0 Å². The molecule has 0 aromatic heterocycles. The quantitative estimate of drug-likeness (QED) is 0.618. The molecule has 0 amide bonds. The molecule has 0 spiro atoms. The van der Waals surface area contributed by atoms with Crippen molar-refractivity contribution in [2.24, 2.45) is 0 Å². The van der Waals surface area contributed by atoms with Gasteiger partial charge in [0.05, 0.1) is 7.11 Å². The zero-order valence-electron chi connectivity index (χ0n) is 9.07. The van der Waals surface area contributed by atoms with Crippen molar-refractivity contribution in [3.05, 3.63) is 0 Å². The van der Waals surface area contributed by atoms with E-state index in [0.717, 1.165) is 6.54 Å². The molecule has 84 valence electrons. The molecule has 0 saturated carbocycles. The first-order valence-electron chi connectivity index (χ1n) is 4.43. The van der Waals surface area contributed by atoms with Crippen molar-refractivity contribution in [2.75, 3.05) is 41.5 Å². The van der Waals surface area contributed by atoms with Gasteiger partial charge in [-0.1, -0.05) is 0 Å². The van der Waals surface area contributed by atoms with Gasteiger partial charge >= 0.3 is 0 Å². The van der Waals surface area contributed by atoms with Crippen molar-refractivity contribution in [3.8, 4) is 0 Å². The lowest BCUT2D eigenvalue weighted by molar-refractivity contribution is -0.430. The lowest BCUT2D eigenvalue weighted by Crippen LogP contribution is -2.69. The Kier molecular flexibility index (Phi) is 4.24. The molecule has 1 aliphatic heterocycles. The Morgan fingerprint density at radius 3 is 2.29 bits per heavy atom. The van der Waals surface area contributed by atoms with Gasteiger partial charge < -0.3 is 14.2 Å². The van der Waals surface area contributed by atoms with Crippen LogP contribution in [0.5, 0.6) is 0 Å². The van der Waals surface area contributed by atoms with Crippen LogP contribution < -0.4 is 5.32 Å². The van der Waals surface area contributed by atoms with Gasteiger partial charge in [0.25, 0.3) is 5.91 Å². The van der Waals surface area contributed by atoms with Gasteiger partial charge in [0.2, 0.25) is 0 Å². The fourth-order valence-electron chi connectivity index (χ4n) is 1.66. The lowest BCUT2D eigenvalue weighted by Gasteiger charge is -2.46. The summed E-state index contributed by atoms with van der Waals surface area (Å²) >= 11 is 0. The monoisotopic (exact) mass is 206 g/mol. The third kappa shape index (κ3) is 1.77. The average Bonchev–Trinajstić information content (AvgIpc) is 2.27. The summed E-state index contributed by atoms with van der Waals surface area (Å²) in [5.41, 5.74) is 0. The van der Waals surface area contributed by atoms with Crippen LogP contribution in [0.3, 0.4) is 0 Å². The van der Waals surface area contributed by atoms with E-state index in [-0.39, 0.29) is 6.23 Å². The largest absolute Gasteiger partial charge is 0.359 e. The van der Waals surface area contributed by atoms with E-state index < -0.39 is 5.91 Å². The number of nitrogens with one attached hydrogen (secondary N) is 1. The van der Waals surface area contributed by atoms with Gasteiger partial charge in [0, 0.05) is 34.4 Å². The highest BCUT2D eigenvalue weighted by molar-refractivity contribution is 4.81. The molecule has 0 aliphatic carbocycles. The highest BCUT2D eigenvalue weighted by Gasteiger charge is 2.49. The molecule has 0 aromatic rings. The minimum absolute atomic E-state index is 0.383. The number of hydroxylamine groups is 2. The fraction of sp³-hybridized carbons (Fsp3) is 1.00. The second kappa shape index (κ2) is 5.01. The number of hydrogen-bond acceptors (Lipinski definition) is 6. The first-order chi connectivity index (χ1) is 6.75. The normalized spacial score (nSPS) is 27.9. The van der Waals surface area contributed by atoms with Crippen molar-refractivity contribution in [1.29, 1.82) is 0 Å². The Morgan fingerprint density at radius 2 is 1.86 bits per heavy atom. The number of methoxy groups -OCH3 is 3. The summed E-state index contributed by atoms with van der Waals surface area (Å²) in [6, 6.07) is 0. The van der Waals surface area contributed by atoms with Crippen LogP contribution in [0.4, 0.5) is 0 Å². The fourth-order valence-corrected chi connectivity index (χ4v) is 1.66. The summed E-state index contributed by atoms with van der Waals surface area (Å²) in [7, 11) is 6.26. The molecule has 0 radical (unpaired) electrons. The molecule has 1 unspecified atom stereocenters. The predicted molar refractivity (Wildman–Crippen MR) is 49.3 cm³/mol. The van der Waals surface area contributed by atoms with E-state index in [1.54, 1.807) is 33.5 Å². The van der Waals surface area contributed by atoms with E-state index in [9.17, 15) is 0 Å². The smallest absolute Gasteiger partial charge is 0.293 e. The van der Waals surface area contributed by atoms with Crippen LogP contribution in [0.2, 0.25) is 0 Å². The van der Waals surface area contributed by atoms with Crippen LogP contribution in [0.15, 0.2) is 0 Å². The Balaban J connectivity index is 2.86. The first kappa shape index (κ1) is 11.8. The minimum atomic E-state index is -1.03. The van der Waals surface area contributed by atoms with E-state index in [1.807, 2.05) is 0 Å². The van der Waals surface area contributed by atoms with Crippen molar-refractivity contribution >= 4 is 0 Å². The molecule has 1 heterocycles. The molecule has 1 fully saturated rings. The summed E-state index contributed by atoms with van der Waals surface area (Å²) < 4.78 is 15.9. The van der Waals surface area contributed by atoms with Crippen LogP contribution >= 0.6 is 0 Å². The van der Waals surface area contributed by atoms with E-state index in [1.165, 1.54) is 0 Å². The van der Waals surface area contributed by atoms with E-state index in [2.05, 4.69) is 5.32 Å². The molecule has 6 heteroatoms. The van der Waals surface area contributed by atoms with Crippen LogP contribution in [0, 0.1) is 0 Å². The molecule has 1 rings (SSSR count). The third-order valence-electron chi connectivity index (χ3n) is 2.36. The summed E-state index contributed by atoms with van der Waals surface area (Å²) in [6.07, 6.45) is -0.383. The Hall–Kier alpha value is -0.240. The zero-order chi connectivity index (χ0) is 10.6. The Morgan fingerprint density at radius 1 is 1.21 bits per heavy atom. The predicted octanol–water partition coefficient (Wildman–Crippen LogP) is -0.628. The summed E-state index contributed by atoms with van der Waals surface area (Å²) in [6.45, 7) is 1.42. The number of piperazine rings is 1. The topological polar surface area (TPSA) is 52.2 Å². The molecule has 1 saturated heterocycles. The minimum Gasteiger partial charge on any atom is -0.359 e. The van der Waals surface area contributed by atoms with Crippen molar-refractivity contribution in [2.45, 2.75) is 12.1 Å². The second-order valence-electron chi connectivity index (χ2n) is 2.89. The van der Waals surface area contributed by atoms with E-state index in [0.29, 0.717) is 6.54 Å². The van der Waals surface area contributed by atoms with Gasteiger partial charge in [-0.05, 0) is 0 Å². The molecule has 0 aromatic carbocycles. The first-order valence-corrected chi connectivity index (χ1v) is 4.43. The Labute approximate surface area is 84.0 Å². The van der Waals surface area contributed by atoms with Crippen LogP contribution in [0.1, 0.15) is 0 Å². The van der Waals surface area contributed by atoms with Gasteiger partial charge in [0.1, 0.15) is 0 Å². The van der Waals surface area contributed by atoms with Crippen molar-refractivity contribution in [1.82, 2.24) is 10.4 Å². The zero-order valence-corrected chi connectivity index (χ0v) is 9.07. The number of nitrogens with zero attached hydrogens (tertiary/aromatic N) is 1. The van der Waals surface area contributed by atoms with E-state index in [4.69, 9.17) is 19.0 Å². The average molecular weight is 206 g/mol. The Bertz CT molecular complexity index is 161. The summed E-state index contributed by atoms with van der Waals surface area (Å²) in [5.74, 6) is -1.03. The van der Waals surface area contributed by atoms with Gasteiger partial charge in [-0.3, -0.25) is 10.2 Å². The van der Waals surface area contributed by atoms with Crippen LogP contribution in [0.25, 0.3) is 0 Å². The van der Waals surface area contributed by atoms with Gasteiger partial charge in [-0.2, -0.15) is 0 Å². The standard InChI is InChI=1S/C8H18N2O4/c1-11-7-8(12-2,13-3)10(14-4)6-5-9-7/h7,9H,5-6H2,1-4H3. The number of hydrogen-bond donors (Lipinski definition) is 1. The molecular weight excluding hydrogens is 188 g/mol. The molecule has 1 aliphatic rings. The van der Waals surface area contributed by atoms with Gasteiger partial charge in [-0.15, -0.1) is 5.06 Å². The van der Waals surface area contributed by atoms with Crippen LogP contribution in [-0.4, -0.2) is 58.7 Å². The van der Waals surface area contributed by atoms with E-state index >= 15 is 0 Å². The van der Waals surface area contributed by atoms with Crippen LogP contribution in [-0.2, 0) is 19.0 Å². The highest BCUT2D eigenvalue weighted by Crippen LogP contribution is 2.25. The maximum atomic E-state index is 5.33. The van der Waals surface area contributed by atoms with Gasteiger partial charge in [0.15, 0.2) is 6.23 Å². The molecular formula is C8H18N2O4. The summed E-state index contributed by atoms with van der Waals surface area (Å²) in [4.78, 5) is 5.18. The maximum absolute atomic E-state index is 5.33. The third-order valence-corrected chi connectivity index (χ3v) is 2.36. The summed E-state index contributed by atoms with van der Waals surface area (Å²) in [5, 5.41) is 4.74. The molecule has 6 nitrogen and oxygen atoms in total. The van der Waals surface area contributed by atoms with Gasteiger partial charge in [-0.25, -0.2) is 0 Å².